The fourth-order valence-electron chi connectivity index (χ4n) is 2.82. The van der Waals surface area contributed by atoms with Crippen LogP contribution in [0.25, 0.3) is 22.8 Å². The van der Waals surface area contributed by atoms with E-state index in [9.17, 15) is 0 Å². The van der Waals surface area contributed by atoms with Crippen LogP contribution in [0.15, 0.2) is 73.1 Å². The summed E-state index contributed by atoms with van der Waals surface area (Å²) >= 11 is 6.31. The number of aryl methyl sites for hydroxylation is 1. The van der Waals surface area contributed by atoms with Crippen molar-refractivity contribution in [2.24, 2.45) is 0 Å². The van der Waals surface area contributed by atoms with Crippen LogP contribution in [0.4, 0.5) is 0 Å². The average Bonchev–Trinajstić information content (AvgIpc) is 3.12. The maximum Gasteiger partial charge on any atom is 0.183 e. The van der Waals surface area contributed by atoms with Gasteiger partial charge < -0.3 is 5.43 Å². The smallest absolute Gasteiger partial charge is 0.183 e. The van der Waals surface area contributed by atoms with Gasteiger partial charge in [-0.15, -0.1) is 10.2 Å². The summed E-state index contributed by atoms with van der Waals surface area (Å²) in [5.41, 5.74) is 7.54. The van der Waals surface area contributed by atoms with Crippen molar-refractivity contribution in [1.29, 1.82) is 0 Å². The predicted molar refractivity (Wildman–Crippen MR) is 108 cm³/mol. The standard InChI is InChI=1S/C21H18ClN5/c1-15-6-8-16(9-7-15)20-25-26-21(17-10-12-23-13-11-17)27(20)24-14-18-4-2-3-5-19(18)22/h2-13,24H,14H2,1H3. The van der Waals surface area contributed by atoms with Gasteiger partial charge in [0.1, 0.15) is 0 Å². The molecule has 0 aliphatic heterocycles. The van der Waals surface area contributed by atoms with Gasteiger partial charge in [0.25, 0.3) is 0 Å². The molecule has 27 heavy (non-hydrogen) atoms. The maximum atomic E-state index is 6.31. The maximum absolute atomic E-state index is 6.31. The molecule has 134 valence electrons. The lowest BCUT2D eigenvalue weighted by Crippen LogP contribution is -2.17. The highest BCUT2D eigenvalue weighted by Crippen LogP contribution is 2.24. The van der Waals surface area contributed by atoms with E-state index in [2.05, 4.69) is 39.7 Å². The molecule has 2 aromatic carbocycles. The first-order valence-corrected chi connectivity index (χ1v) is 9.00. The molecular formula is C21H18ClN5. The summed E-state index contributed by atoms with van der Waals surface area (Å²) in [4.78, 5) is 4.09. The van der Waals surface area contributed by atoms with Crippen LogP contribution >= 0.6 is 11.6 Å². The van der Waals surface area contributed by atoms with Crippen LogP contribution in [-0.4, -0.2) is 19.9 Å². The van der Waals surface area contributed by atoms with Crippen molar-refractivity contribution < 1.29 is 0 Å². The van der Waals surface area contributed by atoms with E-state index < -0.39 is 0 Å². The zero-order valence-corrected chi connectivity index (χ0v) is 15.6. The van der Waals surface area contributed by atoms with Gasteiger partial charge in [0.05, 0.1) is 6.54 Å². The van der Waals surface area contributed by atoms with Crippen LogP contribution in [0.1, 0.15) is 11.1 Å². The summed E-state index contributed by atoms with van der Waals surface area (Å²) in [6.45, 7) is 2.61. The van der Waals surface area contributed by atoms with Crippen molar-refractivity contribution in [2.45, 2.75) is 13.5 Å². The van der Waals surface area contributed by atoms with Crippen LogP contribution in [-0.2, 0) is 6.54 Å². The Labute approximate surface area is 162 Å². The highest BCUT2D eigenvalue weighted by atomic mass is 35.5. The fraction of sp³-hybridized carbons (Fsp3) is 0.0952. The molecule has 2 heterocycles. The van der Waals surface area contributed by atoms with Gasteiger partial charge in [0.2, 0.25) is 0 Å². The molecule has 0 saturated carbocycles. The number of benzene rings is 2. The Morgan fingerprint density at radius 1 is 0.852 bits per heavy atom. The van der Waals surface area contributed by atoms with E-state index in [0.717, 1.165) is 33.4 Å². The molecule has 4 aromatic rings. The minimum Gasteiger partial charge on any atom is -0.318 e. The highest BCUT2D eigenvalue weighted by molar-refractivity contribution is 6.31. The summed E-state index contributed by atoms with van der Waals surface area (Å²) in [6.07, 6.45) is 3.49. The van der Waals surface area contributed by atoms with Gasteiger partial charge in [-0.1, -0.05) is 59.6 Å². The molecule has 2 aromatic heterocycles. The van der Waals surface area contributed by atoms with Crippen molar-refractivity contribution in [2.75, 3.05) is 5.43 Å². The first-order valence-electron chi connectivity index (χ1n) is 8.62. The van der Waals surface area contributed by atoms with E-state index in [1.165, 1.54) is 5.56 Å². The number of rotatable bonds is 5. The summed E-state index contributed by atoms with van der Waals surface area (Å²) in [5.74, 6) is 1.47. The van der Waals surface area contributed by atoms with Gasteiger partial charge in [0.15, 0.2) is 11.6 Å². The third-order valence-electron chi connectivity index (χ3n) is 4.30. The van der Waals surface area contributed by atoms with Crippen LogP contribution in [0.2, 0.25) is 5.02 Å². The first-order chi connectivity index (χ1) is 13.2. The highest BCUT2D eigenvalue weighted by Gasteiger charge is 2.15. The zero-order chi connectivity index (χ0) is 18.6. The van der Waals surface area contributed by atoms with E-state index in [0.29, 0.717) is 6.54 Å². The number of pyridine rings is 1. The van der Waals surface area contributed by atoms with Gasteiger partial charge in [-0.3, -0.25) is 4.98 Å². The Morgan fingerprint density at radius 2 is 1.48 bits per heavy atom. The Balaban J connectivity index is 1.75. The number of nitrogens with zero attached hydrogens (tertiary/aromatic N) is 4. The summed E-state index contributed by atoms with van der Waals surface area (Å²) in [6, 6.07) is 19.8. The summed E-state index contributed by atoms with van der Waals surface area (Å²) in [7, 11) is 0. The van der Waals surface area contributed by atoms with Crippen LogP contribution < -0.4 is 5.43 Å². The van der Waals surface area contributed by atoms with Crippen molar-refractivity contribution in [3.05, 3.63) is 89.2 Å². The van der Waals surface area contributed by atoms with E-state index in [1.54, 1.807) is 12.4 Å². The molecule has 1 N–H and O–H groups in total. The van der Waals surface area contributed by atoms with Crippen molar-refractivity contribution in [1.82, 2.24) is 19.9 Å². The molecule has 4 rings (SSSR count). The quantitative estimate of drug-likeness (QED) is 0.548. The van der Waals surface area contributed by atoms with Gasteiger partial charge >= 0.3 is 0 Å². The molecule has 0 fully saturated rings. The SMILES string of the molecule is Cc1ccc(-c2nnc(-c3ccncc3)n2NCc2ccccc2Cl)cc1. The lowest BCUT2D eigenvalue weighted by Gasteiger charge is -2.14. The Hall–Kier alpha value is -3.18. The second-order valence-corrected chi connectivity index (χ2v) is 6.62. The van der Waals surface area contributed by atoms with E-state index in [-0.39, 0.29) is 0 Å². The third kappa shape index (κ3) is 3.68. The second-order valence-electron chi connectivity index (χ2n) is 6.21. The molecule has 0 atom stereocenters. The Bertz CT molecular complexity index is 1040. The minimum atomic E-state index is 0.550. The van der Waals surface area contributed by atoms with Gasteiger partial charge in [0, 0.05) is 28.5 Å². The average molecular weight is 376 g/mol. The van der Waals surface area contributed by atoms with Gasteiger partial charge in [-0.05, 0) is 30.7 Å². The van der Waals surface area contributed by atoms with E-state index >= 15 is 0 Å². The number of hydrogen-bond acceptors (Lipinski definition) is 4. The molecule has 0 spiro atoms. The molecule has 5 nitrogen and oxygen atoms in total. The molecule has 6 heteroatoms. The van der Waals surface area contributed by atoms with Crippen molar-refractivity contribution >= 4 is 11.6 Å². The van der Waals surface area contributed by atoms with E-state index in [4.69, 9.17) is 11.6 Å². The molecule has 0 radical (unpaired) electrons. The fourth-order valence-corrected chi connectivity index (χ4v) is 3.02. The van der Waals surface area contributed by atoms with Crippen LogP contribution in [0.5, 0.6) is 0 Å². The summed E-state index contributed by atoms with van der Waals surface area (Å²) < 4.78 is 1.91. The largest absolute Gasteiger partial charge is 0.318 e. The minimum absolute atomic E-state index is 0.550. The van der Waals surface area contributed by atoms with Crippen molar-refractivity contribution in [3.8, 4) is 22.8 Å². The third-order valence-corrected chi connectivity index (χ3v) is 4.67. The van der Waals surface area contributed by atoms with Gasteiger partial charge in [-0.2, -0.15) is 0 Å². The molecule has 0 unspecified atom stereocenters. The number of nitrogens with one attached hydrogen (secondary N) is 1. The molecule has 0 aliphatic rings. The Kier molecular flexibility index (Phi) is 4.85. The second kappa shape index (κ2) is 7.60. The molecular weight excluding hydrogens is 358 g/mol. The lowest BCUT2D eigenvalue weighted by atomic mass is 10.1. The number of aromatic nitrogens is 4. The molecule has 0 aliphatic carbocycles. The molecule has 0 saturated heterocycles. The number of hydrogen-bond donors (Lipinski definition) is 1. The lowest BCUT2D eigenvalue weighted by molar-refractivity contribution is 0.851. The first kappa shape index (κ1) is 17.2. The molecule has 0 bridgehead atoms. The monoisotopic (exact) mass is 375 g/mol. The van der Waals surface area contributed by atoms with Gasteiger partial charge in [-0.25, -0.2) is 4.68 Å². The molecule has 0 amide bonds. The number of halogens is 1. The van der Waals surface area contributed by atoms with Crippen LogP contribution in [0, 0.1) is 6.92 Å². The Morgan fingerprint density at radius 3 is 2.15 bits per heavy atom. The summed E-state index contributed by atoms with van der Waals surface area (Å²) in [5, 5.41) is 9.56. The van der Waals surface area contributed by atoms with Crippen LogP contribution in [0.3, 0.4) is 0 Å². The topological polar surface area (TPSA) is 55.6 Å². The zero-order valence-electron chi connectivity index (χ0n) is 14.8. The van der Waals surface area contributed by atoms with Crippen molar-refractivity contribution in [3.63, 3.8) is 0 Å². The normalized spacial score (nSPS) is 10.7. The predicted octanol–water partition coefficient (Wildman–Crippen LogP) is 4.71. The van der Waals surface area contributed by atoms with E-state index in [1.807, 2.05) is 53.2 Å².